The second-order valence-corrected chi connectivity index (χ2v) is 4.42. The maximum atomic E-state index is 11.9. The first-order valence-electron chi connectivity index (χ1n) is 5.91. The molecule has 0 unspecified atom stereocenters. The number of hydrogen-bond donors (Lipinski definition) is 2. The summed E-state index contributed by atoms with van der Waals surface area (Å²) < 4.78 is 35.6. The van der Waals surface area contributed by atoms with E-state index in [4.69, 9.17) is 0 Å². The van der Waals surface area contributed by atoms with Gasteiger partial charge in [0.05, 0.1) is 19.1 Å². The van der Waals surface area contributed by atoms with Gasteiger partial charge < -0.3 is 10.6 Å². The topological polar surface area (TPSA) is 41.1 Å². The van der Waals surface area contributed by atoms with Crippen molar-refractivity contribution >= 4 is 5.91 Å². The molecular weight excluding hydrogens is 257 g/mol. The van der Waals surface area contributed by atoms with Crippen molar-refractivity contribution in [2.75, 3.05) is 13.1 Å². The summed E-state index contributed by atoms with van der Waals surface area (Å²) in [5.74, 6) is -0.461. The molecule has 6 heteroatoms. The predicted octanol–water partition coefficient (Wildman–Crippen LogP) is 2.32. The zero-order valence-electron chi connectivity index (χ0n) is 10.8. The maximum Gasteiger partial charge on any atom is 0.401 e. The molecule has 0 bridgehead atoms. The van der Waals surface area contributed by atoms with Crippen LogP contribution in [0, 0.1) is 6.92 Å². The van der Waals surface area contributed by atoms with E-state index in [0.717, 1.165) is 11.1 Å². The second-order valence-electron chi connectivity index (χ2n) is 4.42. The highest BCUT2D eigenvalue weighted by Gasteiger charge is 2.26. The quantitative estimate of drug-likeness (QED) is 0.865. The van der Waals surface area contributed by atoms with Crippen LogP contribution in [0.25, 0.3) is 0 Å². The third-order valence-corrected chi connectivity index (χ3v) is 2.57. The van der Waals surface area contributed by atoms with E-state index >= 15 is 0 Å². The largest absolute Gasteiger partial charge is 0.401 e. The average Bonchev–Trinajstić information content (AvgIpc) is 2.27. The molecule has 3 nitrogen and oxygen atoms in total. The van der Waals surface area contributed by atoms with Gasteiger partial charge in [-0.15, -0.1) is 0 Å². The Balaban J connectivity index is 2.38. The Bertz CT molecular complexity index is 415. The van der Waals surface area contributed by atoms with Crippen LogP contribution in [-0.4, -0.2) is 25.2 Å². The van der Waals surface area contributed by atoms with Crippen LogP contribution < -0.4 is 10.6 Å². The molecule has 1 rings (SSSR count). The van der Waals surface area contributed by atoms with Gasteiger partial charge in [0.15, 0.2) is 0 Å². The van der Waals surface area contributed by atoms with Crippen molar-refractivity contribution in [1.29, 1.82) is 0 Å². The highest BCUT2D eigenvalue weighted by atomic mass is 19.4. The van der Waals surface area contributed by atoms with Gasteiger partial charge in [0.25, 0.3) is 0 Å². The fourth-order valence-electron chi connectivity index (χ4n) is 1.55. The normalized spacial score (nSPS) is 13.1. The van der Waals surface area contributed by atoms with Crippen LogP contribution in [-0.2, 0) is 4.79 Å². The Labute approximate surface area is 110 Å². The molecule has 0 aliphatic carbocycles. The van der Waals surface area contributed by atoms with Crippen LogP contribution in [0.3, 0.4) is 0 Å². The Morgan fingerprint density at radius 1 is 1.26 bits per heavy atom. The summed E-state index contributed by atoms with van der Waals surface area (Å²) >= 11 is 0. The summed E-state index contributed by atoms with van der Waals surface area (Å²) in [4.78, 5) is 11.4. The van der Waals surface area contributed by atoms with Crippen molar-refractivity contribution in [2.45, 2.75) is 26.1 Å². The van der Waals surface area contributed by atoms with E-state index < -0.39 is 18.6 Å². The molecule has 0 saturated heterocycles. The molecule has 1 aromatic rings. The fraction of sp³-hybridized carbons (Fsp3) is 0.462. The number of halogens is 3. The number of carbonyl (C=O) groups is 1. The molecule has 0 aliphatic rings. The summed E-state index contributed by atoms with van der Waals surface area (Å²) in [5, 5.41) is 4.69. The molecule has 106 valence electrons. The minimum absolute atomic E-state index is 0.235. The molecule has 0 aromatic heterocycles. The number of nitrogens with one attached hydrogen (secondary N) is 2. The van der Waals surface area contributed by atoms with Gasteiger partial charge in [0, 0.05) is 0 Å². The highest BCUT2D eigenvalue weighted by Crippen LogP contribution is 2.13. The first-order chi connectivity index (χ1) is 8.78. The van der Waals surface area contributed by atoms with Gasteiger partial charge in [0.2, 0.25) is 5.91 Å². The molecule has 0 spiro atoms. The van der Waals surface area contributed by atoms with E-state index in [2.05, 4.69) is 10.6 Å². The summed E-state index contributed by atoms with van der Waals surface area (Å²) in [6, 6.07) is 7.35. The minimum Gasteiger partial charge on any atom is -0.348 e. The lowest BCUT2D eigenvalue weighted by Gasteiger charge is -2.15. The number of carbonyl (C=O) groups excluding carboxylic acids is 1. The van der Waals surface area contributed by atoms with Crippen molar-refractivity contribution in [3.63, 3.8) is 0 Å². The highest BCUT2D eigenvalue weighted by molar-refractivity contribution is 5.78. The van der Waals surface area contributed by atoms with Gasteiger partial charge in [-0.2, -0.15) is 13.2 Å². The number of hydrogen-bond acceptors (Lipinski definition) is 2. The van der Waals surface area contributed by atoms with Crippen molar-refractivity contribution in [1.82, 2.24) is 10.6 Å². The standard InChI is InChI=1S/C13H17F3N2O/c1-9-3-5-11(6-4-9)10(2)18-12(19)7-17-8-13(14,15)16/h3-6,10,17H,7-8H2,1-2H3,(H,18,19)/t10-/m1/s1. The minimum atomic E-state index is -4.30. The molecule has 0 aliphatic heterocycles. The predicted molar refractivity (Wildman–Crippen MR) is 66.7 cm³/mol. The van der Waals surface area contributed by atoms with Gasteiger partial charge in [-0.25, -0.2) is 0 Å². The molecule has 0 heterocycles. The Hall–Kier alpha value is -1.56. The lowest BCUT2D eigenvalue weighted by atomic mass is 10.1. The summed E-state index contributed by atoms with van der Waals surface area (Å²) in [7, 11) is 0. The van der Waals surface area contributed by atoms with Crippen molar-refractivity contribution in [2.24, 2.45) is 0 Å². The van der Waals surface area contributed by atoms with Crippen LogP contribution in [0.15, 0.2) is 24.3 Å². The third kappa shape index (κ3) is 6.24. The molecule has 1 atom stereocenters. The monoisotopic (exact) mass is 274 g/mol. The van der Waals surface area contributed by atoms with E-state index in [1.54, 1.807) is 6.92 Å². The molecular formula is C13H17F3N2O. The van der Waals surface area contributed by atoms with Crippen LogP contribution in [0.2, 0.25) is 0 Å². The van der Waals surface area contributed by atoms with E-state index in [9.17, 15) is 18.0 Å². The van der Waals surface area contributed by atoms with Gasteiger partial charge in [-0.05, 0) is 19.4 Å². The van der Waals surface area contributed by atoms with Crippen LogP contribution in [0.4, 0.5) is 13.2 Å². The number of benzene rings is 1. The number of rotatable bonds is 5. The first-order valence-corrected chi connectivity index (χ1v) is 5.91. The fourth-order valence-corrected chi connectivity index (χ4v) is 1.55. The van der Waals surface area contributed by atoms with Crippen LogP contribution in [0.5, 0.6) is 0 Å². The molecule has 2 N–H and O–H groups in total. The molecule has 1 amide bonds. The Morgan fingerprint density at radius 3 is 2.37 bits per heavy atom. The third-order valence-electron chi connectivity index (χ3n) is 2.57. The van der Waals surface area contributed by atoms with E-state index in [1.165, 1.54) is 0 Å². The molecule has 0 saturated carbocycles. The molecule has 1 aromatic carbocycles. The van der Waals surface area contributed by atoms with E-state index in [1.807, 2.05) is 31.2 Å². The Morgan fingerprint density at radius 2 is 1.84 bits per heavy atom. The lowest BCUT2D eigenvalue weighted by Crippen LogP contribution is -2.39. The van der Waals surface area contributed by atoms with Crippen LogP contribution in [0.1, 0.15) is 24.1 Å². The summed E-state index contributed by atoms with van der Waals surface area (Å²) in [6.45, 7) is 2.22. The van der Waals surface area contributed by atoms with Crippen molar-refractivity contribution in [3.8, 4) is 0 Å². The second kappa shape index (κ2) is 6.56. The summed E-state index contributed by atoms with van der Waals surface area (Å²) in [5.41, 5.74) is 2.02. The number of alkyl halides is 3. The van der Waals surface area contributed by atoms with E-state index in [-0.39, 0.29) is 12.6 Å². The van der Waals surface area contributed by atoms with E-state index in [0.29, 0.717) is 0 Å². The number of aryl methyl sites for hydroxylation is 1. The SMILES string of the molecule is Cc1ccc([C@@H](C)NC(=O)CNCC(F)(F)F)cc1. The maximum absolute atomic E-state index is 11.9. The van der Waals surface area contributed by atoms with Crippen molar-refractivity contribution in [3.05, 3.63) is 35.4 Å². The lowest BCUT2D eigenvalue weighted by molar-refractivity contribution is -0.128. The number of amides is 1. The first kappa shape index (κ1) is 15.5. The average molecular weight is 274 g/mol. The van der Waals surface area contributed by atoms with Gasteiger partial charge in [0.1, 0.15) is 0 Å². The zero-order chi connectivity index (χ0) is 14.5. The smallest absolute Gasteiger partial charge is 0.348 e. The summed E-state index contributed by atoms with van der Waals surface area (Å²) in [6.07, 6.45) is -4.30. The molecule has 0 radical (unpaired) electrons. The molecule has 19 heavy (non-hydrogen) atoms. The van der Waals surface area contributed by atoms with Gasteiger partial charge >= 0.3 is 6.18 Å². The zero-order valence-corrected chi connectivity index (χ0v) is 10.8. The van der Waals surface area contributed by atoms with Gasteiger partial charge in [-0.1, -0.05) is 29.8 Å². The van der Waals surface area contributed by atoms with Gasteiger partial charge in [-0.3, -0.25) is 4.79 Å². The van der Waals surface area contributed by atoms with Crippen LogP contribution >= 0.6 is 0 Å². The Kier molecular flexibility index (Phi) is 5.35. The molecule has 0 fully saturated rings. The van der Waals surface area contributed by atoms with Crippen molar-refractivity contribution < 1.29 is 18.0 Å².